The van der Waals surface area contributed by atoms with Gasteiger partial charge in [-0.15, -0.1) is 0 Å². The van der Waals surface area contributed by atoms with Crippen LogP contribution >= 0.6 is 0 Å². The molecule has 0 bridgehead atoms. The lowest BCUT2D eigenvalue weighted by Gasteiger charge is -2.43. The van der Waals surface area contributed by atoms with Gasteiger partial charge in [-0.1, -0.05) is 27.7 Å². The summed E-state index contributed by atoms with van der Waals surface area (Å²) in [4.78, 5) is 5.36. The second-order valence-electron chi connectivity index (χ2n) is 11.9. The molecule has 3 aliphatic heterocycles. The van der Waals surface area contributed by atoms with Gasteiger partial charge in [0, 0.05) is 57.4 Å². The van der Waals surface area contributed by atoms with E-state index in [-0.39, 0.29) is 0 Å². The molecule has 0 spiro atoms. The van der Waals surface area contributed by atoms with Crippen LogP contribution in [0.3, 0.4) is 0 Å². The number of piperidine rings is 1. The van der Waals surface area contributed by atoms with Gasteiger partial charge in [0.15, 0.2) is 0 Å². The topological polar surface area (TPSA) is 57.8 Å². The van der Waals surface area contributed by atoms with Gasteiger partial charge in [0.2, 0.25) is 0 Å². The normalized spacial score (nSPS) is 38.9. The summed E-state index contributed by atoms with van der Waals surface area (Å²) in [6.45, 7) is 16.7. The van der Waals surface area contributed by atoms with E-state index >= 15 is 0 Å². The lowest BCUT2D eigenvalue weighted by Crippen LogP contribution is -2.58. The SMILES string of the molecule is CCN1CCN(C2CCC(NC3CC(NC4CC(C(C)(C)C)NN4C)CCN3)CC2)CC1. The first-order chi connectivity index (χ1) is 15.3. The van der Waals surface area contributed by atoms with E-state index in [0.29, 0.717) is 35.9 Å². The smallest absolute Gasteiger partial charge is 0.0747 e. The molecule has 0 aromatic rings. The highest BCUT2D eigenvalue weighted by Crippen LogP contribution is 2.28. The van der Waals surface area contributed by atoms with Gasteiger partial charge in [-0.2, -0.15) is 0 Å². The largest absolute Gasteiger partial charge is 0.302 e. The molecule has 3 saturated heterocycles. The van der Waals surface area contributed by atoms with Crippen molar-refractivity contribution in [3.05, 3.63) is 0 Å². The van der Waals surface area contributed by atoms with Crippen molar-refractivity contribution in [2.24, 2.45) is 5.41 Å². The Morgan fingerprint density at radius 1 is 0.875 bits per heavy atom. The van der Waals surface area contributed by atoms with E-state index in [1.165, 1.54) is 77.7 Å². The molecule has 1 saturated carbocycles. The highest BCUT2D eigenvalue weighted by atomic mass is 15.6. The minimum Gasteiger partial charge on any atom is -0.302 e. The Labute approximate surface area is 197 Å². The highest BCUT2D eigenvalue weighted by molar-refractivity contribution is 4.93. The summed E-state index contributed by atoms with van der Waals surface area (Å²) in [5.41, 5.74) is 3.98. The summed E-state index contributed by atoms with van der Waals surface area (Å²) < 4.78 is 0. The van der Waals surface area contributed by atoms with Crippen molar-refractivity contribution < 1.29 is 0 Å². The molecule has 4 atom stereocenters. The predicted octanol–water partition coefficient (Wildman–Crippen LogP) is 1.77. The molecule has 4 aliphatic rings. The van der Waals surface area contributed by atoms with Crippen molar-refractivity contribution in [3.63, 3.8) is 0 Å². The number of likely N-dealkylation sites (N-methyl/N-ethyl adjacent to an activating group) is 1. The molecule has 3 heterocycles. The van der Waals surface area contributed by atoms with Crippen LogP contribution in [0.15, 0.2) is 0 Å². The first kappa shape index (κ1) is 24.8. The average molecular weight is 450 g/mol. The Morgan fingerprint density at radius 3 is 2.22 bits per heavy atom. The third-order valence-corrected chi connectivity index (χ3v) is 8.67. The van der Waals surface area contributed by atoms with Crippen LogP contribution in [0.5, 0.6) is 0 Å². The fourth-order valence-corrected chi connectivity index (χ4v) is 6.30. The Bertz CT molecular complexity index is 563. The molecular weight excluding hydrogens is 398 g/mol. The molecule has 0 aromatic carbocycles. The molecule has 1 aliphatic carbocycles. The van der Waals surface area contributed by atoms with Crippen LogP contribution in [0.1, 0.15) is 72.6 Å². The molecule has 4 unspecified atom stereocenters. The molecule has 0 amide bonds. The van der Waals surface area contributed by atoms with Crippen molar-refractivity contribution in [1.29, 1.82) is 0 Å². The van der Waals surface area contributed by atoms with Crippen molar-refractivity contribution in [1.82, 2.24) is 36.2 Å². The highest BCUT2D eigenvalue weighted by Gasteiger charge is 2.38. The number of hydrogen-bond donors (Lipinski definition) is 4. The van der Waals surface area contributed by atoms with Crippen LogP contribution < -0.4 is 21.4 Å². The number of hydrazine groups is 1. The van der Waals surface area contributed by atoms with E-state index in [4.69, 9.17) is 0 Å². The number of rotatable bonds is 6. The van der Waals surface area contributed by atoms with Gasteiger partial charge in [-0.25, -0.2) is 5.01 Å². The van der Waals surface area contributed by atoms with Crippen LogP contribution in [0, 0.1) is 5.41 Å². The molecule has 4 N–H and O–H groups in total. The monoisotopic (exact) mass is 449 g/mol. The molecule has 4 rings (SSSR count). The minimum atomic E-state index is 0.297. The second kappa shape index (κ2) is 11.0. The fraction of sp³-hybridized carbons (Fsp3) is 1.00. The Kier molecular flexibility index (Phi) is 8.52. The van der Waals surface area contributed by atoms with Crippen LogP contribution in [-0.2, 0) is 0 Å². The van der Waals surface area contributed by atoms with Gasteiger partial charge in [0.1, 0.15) is 0 Å². The first-order valence-electron chi connectivity index (χ1n) is 13.5. The van der Waals surface area contributed by atoms with Gasteiger partial charge in [-0.3, -0.25) is 21.0 Å². The molecule has 7 heteroatoms. The zero-order chi connectivity index (χ0) is 22.7. The van der Waals surface area contributed by atoms with Crippen LogP contribution in [0.4, 0.5) is 0 Å². The van der Waals surface area contributed by atoms with E-state index in [2.05, 4.69) is 70.9 Å². The Morgan fingerprint density at radius 2 is 1.59 bits per heavy atom. The van der Waals surface area contributed by atoms with E-state index in [0.717, 1.165) is 12.6 Å². The summed E-state index contributed by atoms with van der Waals surface area (Å²) in [5.74, 6) is 0. The Balaban J connectivity index is 1.17. The van der Waals surface area contributed by atoms with Gasteiger partial charge >= 0.3 is 0 Å². The molecule has 0 aromatic heterocycles. The zero-order valence-corrected chi connectivity index (χ0v) is 21.5. The molecule has 32 heavy (non-hydrogen) atoms. The van der Waals surface area contributed by atoms with Crippen LogP contribution in [0.2, 0.25) is 0 Å². The van der Waals surface area contributed by atoms with Crippen molar-refractivity contribution >= 4 is 0 Å². The Hall–Kier alpha value is -0.280. The lowest BCUT2D eigenvalue weighted by molar-refractivity contribution is 0.0740. The van der Waals surface area contributed by atoms with Crippen molar-refractivity contribution in [2.45, 2.75) is 109 Å². The number of piperazine rings is 1. The van der Waals surface area contributed by atoms with Crippen molar-refractivity contribution in [2.75, 3.05) is 46.3 Å². The predicted molar refractivity (Wildman–Crippen MR) is 133 cm³/mol. The average Bonchev–Trinajstić information content (AvgIpc) is 3.15. The van der Waals surface area contributed by atoms with Crippen LogP contribution in [-0.4, -0.2) is 97.6 Å². The van der Waals surface area contributed by atoms with Crippen LogP contribution in [0.25, 0.3) is 0 Å². The molecule has 0 radical (unpaired) electrons. The maximum Gasteiger partial charge on any atom is 0.0747 e. The second-order valence-corrected chi connectivity index (χ2v) is 11.9. The lowest BCUT2D eigenvalue weighted by atomic mass is 9.85. The zero-order valence-electron chi connectivity index (χ0n) is 21.5. The van der Waals surface area contributed by atoms with E-state index in [1.807, 2.05) is 0 Å². The first-order valence-corrected chi connectivity index (χ1v) is 13.5. The van der Waals surface area contributed by atoms with Gasteiger partial charge in [0.25, 0.3) is 0 Å². The third kappa shape index (κ3) is 6.44. The van der Waals surface area contributed by atoms with E-state index in [9.17, 15) is 0 Å². The number of nitrogens with one attached hydrogen (secondary N) is 4. The van der Waals surface area contributed by atoms with Gasteiger partial charge in [0.05, 0.1) is 12.3 Å². The summed E-state index contributed by atoms with van der Waals surface area (Å²) in [7, 11) is 2.20. The van der Waals surface area contributed by atoms with Crippen molar-refractivity contribution in [3.8, 4) is 0 Å². The van der Waals surface area contributed by atoms with E-state index < -0.39 is 0 Å². The number of nitrogens with zero attached hydrogens (tertiary/aromatic N) is 3. The standard InChI is InChI=1S/C25H51N7/c1-6-31-13-15-32(16-14-31)21-9-7-19(8-10-21)27-23-17-20(11-12-26-23)28-24-18-22(25(2,3)4)29-30(24)5/h19-24,26-29H,6-18H2,1-5H3. The quantitative estimate of drug-likeness (QED) is 0.493. The van der Waals surface area contributed by atoms with E-state index in [1.54, 1.807) is 0 Å². The van der Waals surface area contributed by atoms with Gasteiger partial charge < -0.3 is 10.2 Å². The fourth-order valence-electron chi connectivity index (χ4n) is 6.30. The molecule has 4 fully saturated rings. The third-order valence-electron chi connectivity index (χ3n) is 8.67. The maximum atomic E-state index is 3.99. The molecular formula is C25H51N7. The summed E-state index contributed by atoms with van der Waals surface area (Å²) in [5, 5.41) is 14.0. The van der Waals surface area contributed by atoms with Gasteiger partial charge in [-0.05, 0) is 63.5 Å². The minimum absolute atomic E-state index is 0.297. The summed E-state index contributed by atoms with van der Waals surface area (Å²) >= 11 is 0. The molecule has 186 valence electrons. The number of hydrogen-bond acceptors (Lipinski definition) is 7. The summed E-state index contributed by atoms with van der Waals surface area (Å²) in [6, 6.07) is 2.64. The molecule has 7 nitrogen and oxygen atoms in total. The summed E-state index contributed by atoms with van der Waals surface area (Å²) in [6.07, 6.45) is 9.87. The maximum absolute atomic E-state index is 3.99.